The van der Waals surface area contributed by atoms with Gasteiger partial charge in [-0.25, -0.2) is 0 Å². The molecule has 0 saturated carbocycles. The summed E-state index contributed by atoms with van der Waals surface area (Å²) in [5, 5.41) is 19.5. The quantitative estimate of drug-likeness (QED) is 0.268. The lowest BCUT2D eigenvalue weighted by atomic mass is 9.95. The number of nitriles is 1. The van der Waals surface area contributed by atoms with E-state index in [0.717, 1.165) is 52.5 Å². The third-order valence-corrected chi connectivity index (χ3v) is 6.05. The monoisotopic (exact) mass is 462 g/mol. The largest absolute Gasteiger partial charge is 0.490 e. The van der Waals surface area contributed by atoms with Crippen LogP contribution in [0.3, 0.4) is 0 Å². The highest BCUT2D eigenvalue weighted by atomic mass is 16.5. The second-order valence-electron chi connectivity index (χ2n) is 8.16. The van der Waals surface area contributed by atoms with Crippen LogP contribution < -0.4 is 9.47 Å². The zero-order valence-corrected chi connectivity index (χ0v) is 19.9. The number of nitrogens with zero attached hydrogens (tertiary/aromatic N) is 4. The number of fused-ring (bicyclic) bond motifs is 3. The molecule has 35 heavy (non-hydrogen) atoms. The van der Waals surface area contributed by atoms with Gasteiger partial charge in [-0.05, 0) is 50.1 Å². The highest BCUT2D eigenvalue weighted by Gasteiger charge is 2.30. The van der Waals surface area contributed by atoms with Crippen molar-refractivity contribution in [2.75, 3.05) is 13.2 Å². The molecular weight excluding hydrogens is 436 g/mol. The summed E-state index contributed by atoms with van der Waals surface area (Å²) in [5.74, 6) is 1.42. The second kappa shape index (κ2) is 9.86. The lowest BCUT2D eigenvalue weighted by molar-refractivity contribution is 0.287. The van der Waals surface area contributed by atoms with E-state index in [0.29, 0.717) is 30.2 Å². The molecule has 0 spiro atoms. The third kappa shape index (κ3) is 4.17. The standard InChI is InChI=1S/C29H26N4O2/c1-3-34-25-17-21-15-16-33-28(20-11-7-5-8-12-20)27(32-31-22-13-9-6-10-14-22)24(19-30)29(33)23(21)18-26(25)35-4-2/h5-14,17-18H,3-4,15-16H2,1-2H3. The maximum absolute atomic E-state index is 10.3. The van der Waals surface area contributed by atoms with E-state index in [1.807, 2.05) is 80.6 Å². The molecule has 0 saturated heterocycles. The van der Waals surface area contributed by atoms with Crippen LogP contribution in [0.25, 0.3) is 22.5 Å². The number of rotatable bonds is 7. The Balaban J connectivity index is 1.76. The molecule has 5 rings (SSSR count). The molecule has 0 aliphatic carbocycles. The smallest absolute Gasteiger partial charge is 0.161 e. The van der Waals surface area contributed by atoms with Crippen LogP contribution in [0.15, 0.2) is 83.0 Å². The Morgan fingerprint density at radius 1 is 0.857 bits per heavy atom. The molecule has 0 unspecified atom stereocenters. The minimum absolute atomic E-state index is 0.510. The van der Waals surface area contributed by atoms with Gasteiger partial charge in [-0.15, -0.1) is 5.11 Å². The van der Waals surface area contributed by atoms with Gasteiger partial charge in [0.25, 0.3) is 0 Å². The first kappa shape index (κ1) is 22.4. The molecule has 0 fully saturated rings. The summed E-state index contributed by atoms with van der Waals surface area (Å²) in [7, 11) is 0. The van der Waals surface area contributed by atoms with E-state index >= 15 is 0 Å². The predicted molar refractivity (Wildman–Crippen MR) is 137 cm³/mol. The van der Waals surface area contributed by atoms with Crippen LogP contribution in [-0.4, -0.2) is 17.8 Å². The first-order valence-electron chi connectivity index (χ1n) is 11.9. The summed E-state index contributed by atoms with van der Waals surface area (Å²) in [6, 6.07) is 26.1. The first-order chi connectivity index (χ1) is 17.2. The lowest BCUT2D eigenvalue weighted by Crippen LogP contribution is -2.13. The number of hydrogen-bond acceptors (Lipinski definition) is 5. The van der Waals surface area contributed by atoms with Crippen molar-refractivity contribution in [2.24, 2.45) is 10.2 Å². The maximum Gasteiger partial charge on any atom is 0.161 e. The number of ether oxygens (including phenoxy) is 2. The second-order valence-corrected chi connectivity index (χ2v) is 8.16. The predicted octanol–water partition coefficient (Wildman–Crippen LogP) is 7.46. The molecule has 0 N–H and O–H groups in total. The summed E-state index contributed by atoms with van der Waals surface area (Å²) in [6.07, 6.45) is 0.809. The topological polar surface area (TPSA) is 71.9 Å². The fraction of sp³-hybridized carbons (Fsp3) is 0.207. The van der Waals surface area contributed by atoms with E-state index < -0.39 is 0 Å². The fourth-order valence-corrected chi connectivity index (χ4v) is 4.60. The van der Waals surface area contributed by atoms with Gasteiger partial charge in [0.15, 0.2) is 11.5 Å². The van der Waals surface area contributed by atoms with Crippen LogP contribution in [0.1, 0.15) is 25.0 Å². The molecule has 0 atom stereocenters. The molecular formula is C29H26N4O2. The normalized spacial score (nSPS) is 12.1. The Bertz CT molecular complexity index is 1420. The Morgan fingerprint density at radius 3 is 2.17 bits per heavy atom. The fourth-order valence-electron chi connectivity index (χ4n) is 4.60. The Hall–Kier alpha value is -4.37. The Morgan fingerprint density at radius 2 is 1.51 bits per heavy atom. The number of hydrogen-bond donors (Lipinski definition) is 0. The number of benzene rings is 3. The van der Waals surface area contributed by atoms with E-state index in [1.165, 1.54) is 0 Å². The highest BCUT2D eigenvalue weighted by Crippen LogP contribution is 2.48. The molecule has 1 aromatic heterocycles. The summed E-state index contributed by atoms with van der Waals surface area (Å²) in [5.41, 5.74) is 6.67. The molecule has 0 radical (unpaired) electrons. The third-order valence-electron chi connectivity index (χ3n) is 6.05. The van der Waals surface area contributed by atoms with E-state index in [2.05, 4.69) is 26.9 Å². The Labute approximate surface area is 205 Å². The molecule has 2 heterocycles. The zero-order chi connectivity index (χ0) is 24.2. The molecule has 3 aromatic carbocycles. The van der Waals surface area contributed by atoms with Gasteiger partial charge in [0, 0.05) is 17.7 Å². The van der Waals surface area contributed by atoms with Crippen LogP contribution in [-0.2, 0) is 13.0 Å². The average Bonchev–Trinajstić information content (AvgIpc) is 3.23. The summed E-state index contributed by atoms with van der Waals surface area (Å²) < 4.78 is 14.0. The minimum atomic E-state index is 0.510. The zero-order valence-electron chi connectivity index (χ0n) is 19.9. The van der Waals surface area contributed by atoms with Crippen LogP contribution >= 0.6 is 0 Å². The average molecular weight is 463 g/mol. The van der Waals surface area contributed by atoms with E-state index in [1.54, 1.807) is 0 Å². The molecule has 4 aromatic rings. The highest BCUT2D eigenvalue weighted by molar-refractivity contribution is 5.89. The maximum atomic E-state index is 10.3. The molecule has 6 nitrogen and oxygen atoms in total. The van der Waals surface area contributed by atoms with Crippen molar-refractivity contribution in [3.63, 3.8) is 0 Å². The summed E-state index contributed by atoms with van der Waals surface area (Å²) in [6.45, 7) is 5.72. The van der Waals surface area contributed by atoms with Crippen LogP contribution in [0.5, 0.6) is 11.5 Å². The summed E-state index contributed by atoms with van der Waals surface area (Å²) >= 11 is 0. The molecule has 0 bridgehead atoms. The minimum Gasteiger partial charge on any atom is -0.490 e. The van der Waals surface area contributed by atoms with Gasteiger partial charge >= 0.3 is 0 Å². The first-order valence-corrected chi connectivity index (χ1v) is 11.9. The number of aromatic nitrogens is 1. The van der Waals surface area contributed by atoms with E-state index in [9.17, 15) is 5.26 Å². The van der Waals surface area contributed by atoms with Gasteiger partial charge in [0.2, 0.25) is 0 Å². The SMILES string of the molecule is CCOc1cc2c(cc1OCC)-c1c(C#N)c(N=Nc3ccccc3)c(-c3ccccc3)n1CC2. The molecule has 1 aliphatic heterocycles. The number of azo groups is 1. The van der Waals surface area contributed by atoms with Crippen molar-refractivity contribution in [1.82, 2.24) is 4.57 Å². The molecule has 6 heteroatoms. The molecule has 1 aliphatic rings. The Kier molecular flexibility index (Phi) is 6.32. The van der Waals surface area contributed by atoms with E-state index in [-0.39, 0.29) is 0 Å². The van der Waals surface area contributed by atoms with Crippen molar-refractivity contribution >= 4 is 11.4 Å². The van der Waals surface area contributed by atoms with Gasteiger partial charge < -0.3 is 14.0 Å². The van der Waals surface area contributed by atoms with Gasteiger partial charge in [-0.1, -0.05) is 48.5 Å². The van der Waals surface area contributed by atoms with Crippen molar-refractivity contribution in [2.45, 2.75) is 26.8 Å². The van der Waals surface area contributed by atoms with Gasteiger partial charge in [0.05, 0.1) is 30.3 Å². The van der Waals surface area contributed by atoms with Crippen LogP contribution in [0, 0.1) is 11.3 Å². The number of aryl methyl sites for hydroxylation is 1. The van der Waals surface area contributed by atoms with E-state index in [4.69, 9.17) is 9.47 Å². The van der Waals surface area contributed by atoms with Crippen molar-refractivity contribution in [3.05, 3.63) is 83.9 Å². The van der Waals surface area contributed by atoms with Crippen molar-refractivity contribution < 1.29 is 9.47 Å². The molecule has 174 valence electrons. The summed E-state index contributed by atoms with van der Waals surface area (Å²) in [4.78, 5) is 0. The van der Waals surface area contributed by atoms with Gasteiger partial charge in [0.1, 0.15) is 17.3 Å². The van der Waals surface area contributed by atoms with Gasteiger partial charge in [-0.2, -0.15) is 10.4 Å². The van der Waals surface area contributed by atoms with Crippen molar-refractivity contribution in [3.8, 4) is 40.1 Å². The van der Waals surface area contributed by atoms with Crippen LogP contribution in [0.4, 0.5) is 11.4 Å². The lowest BCUT2D eigenvalue weighted by Gasteiger charge is -2.24. The van der Waals surface area contributed by atoms with Crippen molar-refractivity contribution in [1.29, 1.82) is 5.26 Å². The van der Waals surface area contributed by atoms with Crippen LogP contribution in [0.2, 0.25) is 0 Å². The van der Waals surface area contributed by atoms with Gasteiger partial charge in [-0.3, -0.25) is 0 Å². The molecule has 0 amide bonds.